The Labute approximate surface area is 112 Å². The van der Waals surface area contributed by atoms with Crippen LogP contribution in [0, 0.1) is 0 Å². The lowest BCUT2D eigenvalue weighted by Crippen LogP contribution is -2.32. The number of rotatable bonds is 8. The van der Waals surface area contributed by atoms with E-state index in [4.69, 9.17) is 5.11 Å². The molecule has 0 radical (unpaired) electrons. The van der Waals surface area contributed by atoms with Crippen LogP contribution in [0.15, 0.2) is 17.3 Å². The lowest BCUT2D eigenvalue weighted by molar-refractivity contribution is 0.269. The van der Waals surface area contributed by atoms with Crippen molar-refractivity contribution >= 4 is 21.8 Å². The highest BCUT2D eigenvalue weighted by Gasteiger charge is 2.18. The normalized spacial score (nSPS) is 13.7. The van der Waals surface area contributed by atoms with Crippen LogP contribution in [0.4, 0.5) is 0 Å². The van der Waals surface area contributed by atoms with Crippen LogP contribution in [0.2, 0.25) is 0 Å². The molecule has 18 heavy (non-hydrogen) atoms. The highest BCUT2D eigenvalue weighted by atomic mass is 32.2. The molecule has 2 N–H and O–H groups in total. The van der Waals surface area contributed by atoms with Gasteiger partial charge in [0.2, 0.25) is 10.0 Å². The molecular weight excluding hydrogens is 274 g/mol. The Morgan fingerprint density at radius 1 is 1.61 bits per heavy atom. The quantitative estimate of drug-likeness (QED) is 0.720. The first kappa shape index (κ1) is 15.5. The van der Waals surface area contributed by atoms with E-state index in [-0.39, 0.29) is 24.1 Å². The van der Waals surface area contributed by atoms with Crippen molar-refractivity contribution in [3.05, 3.63) is 12.4 Å². The largest absolute Gasteiger partial charge is 0.394 e. The van der Waals surface area contributed by atoms with Gasteiger partial charge in [0.1, 0.15) is 4.90 Å². The summed E-state index contributed by atoms with van der Waals surface area (Å²) in [7, 11) is -3.51. The van der Waals surface area contributed by atoms with E-state index in [9.17, 15) is 8.42 Å². The summed E-state index contributed by atoms with van der Waals surface area (Å²) in [6.45, 7) is 2.06. The highest BCUT2D eigenvalue weighted by molar-refractivity contribution is 7.98. The number of aliphatic hydroxyl groups is 1. The van der Waals surface area contributed by atoms with Crippen molar-refractivity contribution in [2.45, 2.75) is 30.8 Å². The van der Waals surface area contributed by atoms with Crippen molar-refractivity contribution in [2.24, 2.45) is 0 Å². The van der Waals surface area contributed by atoms with E-state index in [1.807, 2.05) is 13.2 Å². The number of nitrogens with one attached hydrogen (secondary N) is 1. The summed E-state index contributed by atoms with van der Waals surface area (Å²) in [5, 5.41) is 12.6. The molecule has 0 amide bonds. The summed E-state index contributed by atoms with van der Waals surface area (Å²) < 4.78 is 28.0. The molecule has 0 aliphatic rings. The zero-order chi connectivity index (χ0) is 13.6. The maximum absolute atomic E-state index is 12.0. The van der Waals surface area contributed by atoms with Crippen LogP contribution in [-0.4, -0.2) is 48.0 Å². The van der Waals surface area contributed by atoms with Gasteiger partial charge in [0.05, 0.1) is 19.3 Å². The lowest BCUT2D eigenvalue weighted by atomic mass is 10.3. The minimum absolute atomic E-state index is 0.0707. The van der Waals surface area contributed by atoms with Crippen LogP contribution in [-0.2, 0) is 16.6 Å². The van der Waals surface area contributed by atoms with Crippen molar-refractivity contribution in [3.63, 3.8) is 0 Å². The summed E-state index contributed by atoms with van der Waals surface area (Å²) >= 11 is 1.68. The Morgan fingerprint density at radius 2 is 2.33 bits per heavy atom. The summed E-state index contributed by atoms with van der Waals surface area (Å²) in [6.07, 6.45) is 5.48. The van der Waals surface area contributed by atoms with E-state index in [1.165, 1.54) is 17.1 Å². The number of hydrogen-bond acceptors (Lipinski definition) is 5. The van der Waals surface area contributed by atoms with Crippen LogP contribution in [0.3, 0.4) is 0 Å². The zero-order valence-electron chi connectivity index (χ0n) is 10.5. The third kappa shape index (κ3) is 4.60. The topological polar surface area (TPSA) is 84.2 Å². The minimum atomic E-state index is -3.51. The van der Waals surface area contributed by atoms with E-state index >= 15 is 0 Å². The van der Waals surface area contributed by atoms with E-state index in [0.29, 0.717) is 0 Å². The standard InChI is InChI=1S/C10H19N3O3S2/c1-9(3-6-17-2)12-18(15,16)10-7-11-13(8-10)4-5-14/h7-9,12,14H,3-6H2,1-2H3. The van der Waals surface area contributed by atoms with Gasteiger partial charge in [-0.3, -0.25) is 4.68 Å². The third-order valence-corrected chi connectivity index (χ3v) is 4.55. The van der Waals surface area contributed by atoms with Gasteiger partial charge in [-0.1, -0.05) is 0 Å². The number of aromatic nitrogens is 2. The molecule has 1 aromatic rings. The van der Waals surface area contributed by atoms with Crippen LogP contribution in [0.25, 0.3) is 0 Å². The molecule has 0 aliphatic carbocycles. The van der Waals surface area contributed by atoms with E-state index < -0.39 is 10.0 Å². The first-order valence-corrected chi connectivity index (χ1v) is 8.52. The molecule has 1 rings (SSSR count). The molecule has 1 unspecified atom stereocenters. The van der Waals surface area contributed by atoms with E-state index in [1.54, 1.807) is 11.8 Å². The molecule has 1 heterocycles. The Morgan fingerprint density at radius 3 is 2.94 bits per heavy atom. The molecule has 1 aromatic heterocycles. The van der Waals surface area contributed by atoms with Crippen LogP contribution >= 0.6 is 11.8 Å². The number of sulfonamides is 1. The SMILES string of the molecule is CSCCC(C)NS(=O)(=O)c1cnn(CCO)c1. The first-order valence-electron chi connectivity index (χ1n) is 5.64. The monoisotopic (exact) mass is 293 g/mol. The van der Waals surface area contributed by atoms with E-state index in [2.05, 4.69) is 9.82 Å². The lowest BCUT2D eigenvalue weighted by Gasteiger charge is -2.12. The van der Waals surface area contributed by atoms with Crippen molar-refractivity contribution in [2.75, 3.05) is 18.6 Å². The number of thioether (sulfide) groups is 1. The Hall–Kier alpha value is -0.570. The van der Waals surface area contributed by atoms with Gasteiger partial charge in [0.15, 0.2) is 0 Å². The fraction of sp³-hybridized carbons (Fsp3) is 0.700. The molecule has 0 saturated carbocycles. The van der Waals surface area contributed by atoms with Crippen LogP contribution in [0.5, 0.6) is 0 Å². The summed E-state index contributed by atoms with van der Waals surface area (Å²) in [5.41, 5.74) is 0. The van der Waals surface area contributed by atoms with Gasteiger partial charge in [-0.25, -0.2) is 13.1 Å². The van der Waals surface area contributed by atoms with Crippen molar-refractivity contribution in [1.29, 1.82) is 0 Å². The predicted molar refractivity (Wildman–Crippen MR) is 72.1 cm³/mol. The van der Waals surface area contributed by atoms with Gasteiger partial charge < -0.3 is 5.11 Å². The second kappa shape index (κ2) is 7.13. The van der Waals surface area contributed by atoms with E-state index in [0.717, 1.165) is 12.2 Å². The predicted octanol–water partition coefficient (Wildman–Crippen LogP) is 0.295. The molecule has 0 spiro atoms. The second-order valence-electron chi connectivity index (χ2n) is 3.97. The molecule has 1 atom stereocenters. The number of aliphatic hydroxyl groups excluding tert-OH is 1. The molecule has 0 aromatic carbocycles. The number of hydrogen-bond donors (Lipinski definition) is 2. The average Bonchev–Trinajstić information content (AvgIpc) is 2.75. The molecule has 6 nitrogen and oxygen atoms in total. The average molecular weight is 293 g/mol. The fourth-order valence-electron chi connectivity index (χ4n) is 1.39. The number of nitrogens with zero attached hydrogens (tertiary/aromatic N) is 2. The molecule has 0 bridgehead atoms. The molecule has 8 heteroatoms. The van der Waals surface area contributed by atoms with Crippen molar-refractivity contribution in [1.82, 2.24) is 14.5 Å². The summed E-state index contributed by atoms with van der Waals surface area (Å²) in [5.74, 6) is 0.910. The summed E-state index contributed by atoms with van der Waals surface area (Å²) in [4.78, 5) is 0.131. The van der Waals surface area contributed by atoms with Gasteiger partial charge >= 0.3 is 0 Å². The second-order valence-corrected chi connectivity index (χ2v) is 6.67. The van der Waals surface area contributed by atoms with Crippen molar-refractivity contribution < 1.29 is 13.5 Å². The van der Waals surface area contributed by atoms with Gasteiger partial charge in [-0.15, -0.1) is 0 Å². The minimum Gasteiger partial charge on any atom is -0.394 e. The molecule has 0 aliphatic heterocycles. The Balaban J connectivity index is 2.67. The van der Waals surface area contributed by atoms with Gasteiger partial charge in [-0.2, -0.15) is 16.9 Å². The molecule has 104 valence electrons. The highest BCUT2D eigenvalue weighted by Crippen LogP contribution is 2.09. The van der Waals surface area contributed by atoms with Crippen LogP contribution in [0.1, 0.15) is 13.3 Å². The fourth-order valence-corrected chi connectivity index (χ4v) is 3.21. The maximum atomic E-state index is 12.0. The first-order chi connectivity index (χ1) is 8.49. The summed E-state index contributed by atoms with van der Waals surface area (Å²) in [6, 6.07) is -0.108. The van der Waals surface area contributed by atoms with Crippen molar-refractivity contribution in [3.8, 4) is 0 Å². The molecule has 0 fully saturated rings. The molecule has 0 saturated heterocycles. The maximum Gasteiger partial charge on any atom is 0.243 e. The Bertz CT molecular complexity index is 459. The van der Waals surface area contributed by atoms with Crippen LogP contribution < -0.4 is 4.72 Å². The van der Waals surface area contributed by atoms with Gasteiger partial charge in [0.25, 0.3) is 0 Å². The third-order valence-electron chi connectivity index (χ3n) is 2.36. The smallest absolute Gasteiger partial charge is 0.243 e. The van der Waals surface area contributed by atoms with Gasteiger partial charge in [0, 0.05) is 12.2 Å². The molecular formula is C10H19N3O3S2. The Kier molecular flexibility index (Phi) is 6.13. The van der Waals surface area contributed by atoms with Gasteiger partial charge in [-0.05, 0) is 25.4 Å². The zero-order valence-corrected chi connectivity index (χ0v) is 12.2.